The van der Waals surface area contributed by atoms with Crippen molar-refractivity contribution in [1.82, 2.24) is 4.90 Å². The van der Waals surface area contributed by atoms with Gasteiger partial charge in [-0.25, -0.2) is 8.42 Å². The third-order valence-corrected chi connectivity index (χ3v) is 5.35. The quantitative estimate of drug-likeness (QED) is 0.720. The minimum atomic E-state index is -3.47. The van der Waals surface area contributed by atoms with Gasteiger partial charge < -0.3 is 4.90 Å². The number of amides is 1. The molecule has 5 nitrogen and oxygen atoms in total. The molecule has 0 N–H and O–H groups in total. The van der Waals surface area contributed by atoms with Gasteiger partial charge in [-0.05, 0) is 37.8 Å². The van der Waals surface area contributed by atoms with Gasteiger partial charge in [-0.2, -0.15) is 0 Å². The Morgan fingerprint density at radius 1 is 1.17 bits per heavy atom. The minimum absolute atomic E-state index is 0.0201. The highest BCUT2D eigenvalue weighted by molar-refractivity contribution is 7.92. The standard InChI is InChI=1S/C18H30N2O3S/c1-7-19(8-2)17(21)12-13-20(24(6,22)23)18-15(5)10-9-11-16(18)14(3)4/h9-11,14H,7-8,12-13H2,1-6H3. The predicted octanol–water partition coefficient (Wildman–Crippen LogP) is 3.14. The highest BCUT2D eigenvalue weighted by Crippen LogP contribution is 2.32. The number of anilines is 1. The van der Waals surface area contributed by atoms with Crippen LogP contribution in [0.25, 0.3) is 0 Å². The molecule has 0 aliphatic carbocycles. The Kier molecular flexibility index (Phi) is 7.27. The molecule has 0 saturated carbocycles. The van der Waals surface area contributed by atoms with Crippen molar-refractivity contribution in [2.24, 2.45) is 0 Å². The Hall–Kier alpha value is -1.56. The fraction of sp³-hybridized carbons (Fsp3) is 0.611. The molecule has 0 aliphatic rings. The van der Waals surface area contributed by atoms with Gasteiger partial charge in [0.2, 0.25) is 15.9 Å². The van der Waals surface area contributed by atoms with Gasteiger partial charge in [0.15, 0.2) is 0 Å². The molecule has 1 aromatic rings. The molecule has 0 unspecified atom stereocenters. The van der Waals surface area contributed by atoms with Crippen LogP contribution >= 0.6 is 0 Å². The van der Waals surface area contributed by atoms with Crippen LogP contribution in [0.4, 0.5) is 5.69 Å². The third kappa shape index (κ3) is 4.97. The summed E-state index contributed by atoms with van der Waals surface area (Å²) in [6.45, 7) is 11.3. The first-order valence-corrected chi connectivity index (χ1v) is 10.3. The monoisotopic (exact) mass is 354 g/mol. The van der Waals surface area contributed by atoms with Crippen LogP contribution in [-0.2, 0) is 14.8 Å². The summed E-state index contributed by atoms with van der Waals surface area (Å²) in [6.07, 6.45) is 1.38. The maximum absolute atomic E-state index is 12.4. The normalized spacial score (nSPS) is 11.6. The van der Waals surface area contributed by atoms with Gasteiger partial charge in [-0.15, -0.1) is 0 Å². The van der Waals surface area contributed by atoms with E-state index in [9.17, 15) is 13.2 Å². The summed E-state index contributed by atoms with van der Waals surface area (Å²) in [5.74, 6) is 0.177. The van der Waals surface area contributed by atoms with Gasteiger partial charge in [-0.1, -0.05) is 32.0 Å². The Balaban J connectivity index is 3.20. The molecule has 0 aliphatic heterocycles. The average Bonchev–Trinajstić information content (AvgIpc) is 2.48. The molecule has 1 rings (SSSR count). The molecule has 0 radical (unpaired) electrons. The molecule has 0 aromatic heterocycles. The summed E-state index contributed by atoms with van der Waals surface area (Å²) < 4.78 is 26.2. The average molecular weight is 355 g/mol. The lowest BCUT2D eigenvalue weighted by atomic mass is 9.98. The summed E-state index contributed by atoms with van der Waals surface area (Å²) in [7, 11) is -3.47. The summed E-state index contributed by atoms with van der Waals surface area (Å²) in [6, 6.07) is 5.80. The van der Waals surface area contributed by atoms with Gasteiger partial charge in [-0.3, -0.25) is 9.10 Å². The zero-order valence-corrected chi connectivity index (χ0v) is 16.5. The highest BCUT2D eigenvalue weighted by atomic mass is 32.2. The summed E-state index contributed by atoms with van der Waals surface area (Å²) in [5, 5.41) is 0. The summed E-state index contributed by atoms with van der Waals surface area (Å²) in [4.78, 5) is 14.0. The molecule has 1 aromatic carbocycles. The Morgan fingerprint density at radius 2 is 1.75 bits per heavy atom. The molecule has 24 heavy (non-hydrogen) atoms. The van der Waals surface area contributed by atoms with Crippen molar-refractivity contribution in [2.75, 3.05) is 30.2 Å². The maximum atomic E-state index is 12.4. The zero-order valence-electron chi connectivity index (χ0n) is 15.7. The van der Waals surface area contributed by atoms with E-state index < -0.39 is 10.0 Å². The molecule has 0 saturated heterocycles. The van der Waals surface area contributed by atoms with Crippen molar-refractivity contribution in [2.45, 2.75) is 47.0 Å². The van der Waals surface area contributed by atoms with Gasteiger partial charge in [0, 0.05) is 26.1 Å². The lowest BCUT2D eigenvalue weighted by molar-refractivity contribution is -0.130. The first-order chi connectivity index (χ1) is 11.1. The number of nitrogens with zero attached hydrogens (tertiary/aromatic N) is 2. The lowest BCUT2D eigenvalue weighted by Gasteiger charge is -2.28. The van der Waals surface area contributed by atoms with E-state index in [1.165, 1.54) is 10.6 Å². The minimum Gasteiger partial charge on any atom is -0.343 e. The van der Waals surface area contributed by atoms with Crippen molar-refractivity contribution in [3.05, 3.63) is 29.3 Å². The van der Waals surface area contributed by atoms with Crippen LogP contribution in [0.3, 0.4) is 0 Å². The fourth-order valence-electron chi connectivity index (χ4n) is 2.86. The van der Waals surface area contributed by atoms with Crippen LogP contribution in [0.5, 0.6) is 0 Å². The zero-order chi connectivity index (χ0) is 18.5. The first kappa shape index (κ1) is 20.5. The fourth-order valence-corrected chi connectivity index (χ4v) is 3.87. The van der Waals surface area contributed by atoms with Crippen LogP contribution in [0.15, 0.2) is 18.2 Å². The van der Waals surface area contributed by atoms with Crippen LogP contribution in [0.2, 0.25) is 0 Å². The number of rotatable bonds is 8. The molecule has 136 valence electrons. The predicted molar refractivity (Wildman–Crippen MR) is 100 cm³/mol. The Morgan fingerprint density at radius 3 is 2.21 bits per heavy atom. The molecule has 0 spiro atoms. The van der Waals surface area contributed by atoms with Crippen molar-refractivity contribution in [1.29, 1.82) is 0 Å². The first-order valence-electron chi connectivity index (χ1n) is 8.48. The smallest absolute Gasteiger partial charge is 0.232 e. The van der Waals surface area contributed by atoms with E-state index >= 15 is 0 Å². The van der Waals surface area contributed by atoms with E-state index in [-0.39, 0.29) is 24.8 Å². The van der Waals surface area contributed by atoms with E-state index in [1.807, 2.05) is 52.8 Å². The summed E-state index contributed by atoms with van der Waals surface area (Å²) in [5.41, 5.74) is 2.60. The van der Waals surface area contributed by atoms with Gasteiger partial charge in [0.05, 0.1) is 11.9 Å². The third-order valence-electron chi connectivity index (χ3n) is 4.19. The van der Waals surface area contributed by atoms with Crippen molar-refractivity contribution >= 4 is 21.6 Å². The van der Waals surface area contributed by atoms with Crippen molar-refractivity contribution in [3.63, 3.8) is 0 Å². The van der Waals surface area contributed by atoms with Crippen LogP contribution in [0.1, 0.15) is 51.2 Å². The number of hydrogen-bond donors (Lipinski definition) is 0. The molecule has 0 atom stereocenters. The highest BCUT2D eigenvalue weighted by Gasteiger charge is 2.24. The van der Waals surface area contributed by atoms with Gasteiger partial charge >= 0.3 is 0 Å². The largest absolute Gasteiger partial charge is 0.343 e. The topological polar surface area (TPSA) is 57.7 Å². The number of para-hydroxylation sites is 1. The summed E-state index contributed by atoms with van der Waals surface area (Å²) >= 11 is 0. The molecule has 0 fully saturated rings. The van der Waals surface area contributed by atoms with E-state index in [0.717, 1.165) is 11.1 Å². The van der Waals surface area contributed by atoms with Crippen LogP contribution in [0, 0.1) is 6.92 Å². The van der Waals surface area contributed by atoms with Gasteiger partial charge in [0.1, 0.15) is 0 Å². The number of carbonyl (C=O) groups excluding carboxylic acids is 1. The van der Waals surface area contributed by atoms with E-state index in [4.69, 9.17) is 0 Å². The van der Waals surface area contributed by atoms with Crippen LogP contribution < -0.4 is 4.31 Å². The maximum Gasteiger partial charge on any atom is 0.232 e. The number of sulfonamides is 1. The van der Waals surface area contributed by atoms with E-state index in [1.54, 1.807) is 4.90 Å². The SMILES string of the molecule is CCN(CC)C(=O)CCN(c1c(C)cccc1C(C)C)S(C)(=O)=O. The number of hydrogen-bond acceptors (Lipinski definition) is 3. The molecular formula is C18H30N2O3S. The van der Waals surface area contributed by atoms with Crippen molar-refractivity contribution in [3.8, 4) is 0 Å². The molecular weight excluding hydrogens is 324 g/mol. The second kappa shape index (κ2) is 8.51. The molecule has 6 heteroatoms. The van der Waals surface area contributed by atoms with Gasteiger partial charge in [0.25, 0.3) is 0 Å². The van der Waals surface area contributed by atoms with Crippen LogP contribution in [-0.4, -0.2) is 45.1 Å². The number of aryl methyl sites for hydroxylation is 1. The molecule has 0 heterocycles. The molecule has 0 bridgehead atoms. The number of carbonyl (C=O) groups is 1. The second-order valence-corrected chi connectivity index (χ2v) is 8.23. The second-order valence-electron chi connectivity index (χ2n) is 6.32. The van der Waals surface area contributed by atoms with E-state index in [0.29, 0.717) is 18.8 Å². The van der Waals surface area contributed by atoms with Crippen molar-refractivity contribution < 1.29 is 13.2 Å². The molecule has 1 amide bonds. The van der Waals surface area contributed by atoms with E-state index in [2.05, 4.69) is 0 Å². The number of benzene rings is 1. The Bertz CT molecular complexity index is 665. The Labute approximate surface area is 146 Å². The lowest BCUT2D eigenvalue weighted by Crippen LogP contribution is -2.37.